The lowest BCUT2D eigenvalue weighted by Crippen LogP contribution is -2.10. The first kappa shape index (κ1) is 13.9. The Morgan fingerprint density at radius 3 is 2.11 bits per heavy atom. The molecule has 0 heterocycles. The monoisotopic (exact) mass is 284 g/mol. The molecule has 0 aromatic heterocycles. The minimum absolute atomic E-state index is 0.154. The van der Waals surface area contributed by atoms with E-state index in [2.05, 4.69) is 0 Å². The lowest BCUT2D eigenvalue weighted by molar-refractivity contribution is -0.138. The Balaban J connectivity index is 2.25. The first-order valence-corrected chi connectivity index (χ1v) is 6.26. The first-order valence-electron chi connectivity index (χ1n) is 5.82. The van der Waals surface area contributed by atoms with Gasteiger partial charge in [0.05, 0.1) is 10.9 Å². The van der Waals surface area contributed by atoms with Crippen molar-refractivity contribution in [2.45, 2.75) is 18.0 Å². The van der Waals surface area contributed by atoms with Crippen molar-refractivity contribution in [3.8, 4) is 0 Å². The van der Waals surface area contributed by atoms with Gasteiger partial charge in [0.2, 0.25) is 0 Å². The SMILES string of the molecule is FC(F)(F)c1ccccc1CC(Cl)c1ccccc1. The molecule has 0 aliphatic carbocycles. The normalized spacial score (nSPS) is 13.3. The van der Waals surface area contributed by atoms with Crippen LogP contribution in [0.5, 0.6) is 0 Å². The van der Waals surface area contributed by atoms with E-state index in [0.717, 1.165) is 11.6 Å². The zero-order valence-corrected chi connectivity index (χ0v) is 10.7. The third-order valence-corrected chi connectivity index (χ3v) is 3.29. The summed E-state index contributed by atoms with van der Waals surface area (Å²) in [6.07, 6.45) is -4.19. The largest absolute Gasteiger partial charge is 0.416 e. The molecule has 0 fully saturated rings. The Labute approximate surface area is 114 Å². The van der Waals surface area contributed by atoms with Crippen LogP contribution in [-0.4, -0.2) is 0 Å². The Kier molecular flexibility index (Phi) is 4.15. The van der Waals surface area contributed by atoms with E-state index in [4.69, 9.17) is 11.6 Å². The molecular weight excluding hydrogens is 273 g/mol. The van der Waals surface area contributed by atoms with Gasteiger partial charge >= 0.3 is 6.18 Å². The zero-order chi connectivity index (χ0) is 13.9. The number of benzene rings is 2. The van der Waals surface area contributed by atoms with Gasteiger partial charge in [0, 0.05) is 0 Å². The van der Waals surface area contributed by atoms with Gasteiger partial charge in [0.15, 0.2) is 0 Å². The molecule has 0 radical (unpaired) electrons. The summed E-state index contributed by atoms with van der Waals surface area (Å²) in [7, 11) is 0. The maximum Gasteiger partial charge on any atom is 0.416 e. The van der Waals surface area contributed by atoms with E-state index in [1.807, 2.05) is 30.3 Å². The maximum absolute atomic E-state index is 12.9. The molecule has 0 aliphatic heterocycles. The second-order valence-corrected chi connectivity index (χ2v) is 4.76. The quantitative estimate of drug-likeness (QED) is 0.677. The molecule has 0 aliphatic rings. The summed E-state index contributed by atoms with van der Waals surface area (Å²) < 4.78 is 38.6. The molecule has 2 aromatic carbocycles. The van der Waals surface area contributed by atoms with E-state index in [-0.39, 0.29) is 12.0 Å². The van der Waals surface area contributed by atoms with Crippen LogP contribution in [-0.2, 0) is 12.6 Å². The molecule has 2 rings (SSSR count). The van der Waals surface area contributed by atoms with Crippen LogP contribution in [0.25, 0.3) is 0 Å². The second-order valence-electron chi connectivity index (χ2n) is 4.24. The Bertz CT molecular complexity index is 535. The fourth-order valence-electron chi connectivity index (χ4n) is 1.95. The lowest BCUT2D eigenvalue weighted by Gasteiger charge is -2.15. The highest BCUT2D eigenvalue weighted by atomic mass is 35.5. The van der Waals surface area contributed by atoms with Gasteiger partial charge in [-0.05, 0) is 23.6 Å². The minimum Gasteiger partial charge on any atom is -0.166 e. The topological polar surface area (TPSA) is 0 Å². The fraction of sp³-hybridized carbons (Fsp3) is 0.200. The average molecular weight is 285 g/mol. The molecule has 0 nitrogen and oxygen atoms in total. The summed E-state index contributed by atoms with van der Waals surface area (Å²) in [5, 5.41) is -0.468. The molecule has 0 saturated heterocycles. The van der Waals surface area contributed by atoms with Gasteiger partial charge in [0.1, 0.15) is 0 Å². The number of hydrogen-bond donors (Lipinski definition) is 0. The van der Waals surface area contributed by atoms with Crippen LogP contribution in [0, 0.1) is 0 Å². The highest BCUT2D eigenvalue weighted by molar-refractivity contribution is 6.20. The predicted octanol–water partition coefficient (Wildman–Crippen LogP) is 5.23. The van der Waals surface area contributed by atoms with Crippen LogP contribution < -0.4 is 0 Å². The fourth-order valence-corrected chi connectivity index (χ4v) is 2.26. The van der Waals surface area contributed by atoms with Crippen LogP contribution >= 0.6 is 11.6 Å². The van der Waals surface area contributed by atoms with Crippen molar-refractivity contribution >= 4 is 11.6 Å². The standard InChI is InChI=1S/C15H12ClF3/c16-14(11-6-2-1-3-7-11)10-12-8-4-5-9-13(12)15(17,18)19/h1-9,14H,10H2. The van der Waals surface area contributed by atoms with Gasteiger partial charge in [-0.25, -0.2) is 0 Å². The molecule has 0 N–H and O–H groups in total. The van der Waals surface area contributed by atoms with Gasteiger partial charge in [-0.2, -0.15) is 13.2 Å². The van der Waals surface area contributed by atoms with Gasteiger partial charge < -0.3 is 0 Å². The predicted molar refractivity (Wildman–Crippen MR) is 70.2 cm³/mol. The highest BCUT2D eigenvalue weighted by Gasteiger charge is 2.33. The molecule has 100 valence electrons. The summed E-state index contributed by atoms with van der Waals surface area (Å²) in [4.78, 5) is 0. The van der Waals surface area contributed by atoms with E-state index < -0.39 is 17.1 Å². The maximum atomic E-state index is 12.9. The molecule has 0 saturated carbocycles. The van der Waals surface area contributed by atoms with Crippen molar-refractivity contribution in [2.24, 2.45) is 0 Å². The van der Waals surface area contributed by atoms with E-state index in [1.54, 1.807) is 6.07 Å². The number of halogens is 4. The molecule has 4 heteroatoms. The summed E-state index contributed by atoms with van der Waals surface area (Å²) >= 11 is 6.20. The molecule has 0 bridgehead atoms. The average Bonchev–Trinajstić information content (AvgIpc) is 2.39. The second kappa shape index (κ2) is 5.66. The van der Waals surface area contributed by atoms with Crippen LogP contribution in [0.4, 0.5) is 13.2 Å². The summed E-state index contributed by atoms with van der Waals surface area (Å²) in [6.45, 7) is 0. The third kappa shape index (κ3) is 3.51. The molecule has 1 unspecified atom stereocenters. The third-order valence-electron chi connectivity index (χ3n) is 2.88. The molecular formula is C15H12ClF3. The van der Waals surface area contributed by atoms with E-state index in [1.165, 1.54) is 12.1 Å². The zero-order valence-electron chi connectivity index (χ0n) is 9.99. The van der Waals surface area contributed by atoms with E-state index in [9.17, 15) is 13.2 Å². The van der Waals surface area contributed by atoms with Crippen molar-refractivity contribution in [2.75, 3.05) is 0 Å². The number of alkyl halides is 4. The van der Waals surface area contributed by atoms with Crippen molar-refractivity contribution in [3.63, 3.8) is 0 Å². The molecule has 1 atom stereocenters. The highest BCUT2D eigenvalue weighted by Crippen LogP contribution is 2.35. The molecule has 19 heavy (non-hydrogen) atoms. The van der Waals surface area contributed by atoms with Gasteiger partial charge in [-0.15, -0.1) is 11.6 Å². The molecule has 0 spiro atoms. The van der Waals surface area contributed by atoms with Crippen LogP contribution in [0.3, 0.4) is 0 Å². The Morgan fingerprint density at radius 2 is 1.47 bits per heavy atom. The Hall–Kier alpha value is -1.48. The van der Waals surface area contributed by atoms with Crippen LogP contribution in [0.2, 0.25) is 0 Å². The summed E-state index contributed by atoms with van der Waals surface area (Å²) in [6, 6.07) is 14.7. The minimum atomic E-state index is -4.34. The van der Waals surface area contributed by atoms with E-state index in [0.29, 0.717) is 0 Å². The summed E-state index contributed by atoms with van der Waals surface area (Å²) in [5.41, 5.74) is 0.427. The molecule has 2 aromatic rings. The van der Waals surface area contributed by atoms with Gasteiger partial charge in [-0.3, -0.25) is 0 Å². The Morgan fingerprint density at radius 1 is 0.895 bits per heavy atom. The van der Waals surface area contributed by atoms with Gasteiger partial charge in [-0.1, -0.05) is 48.5 Å². The number of rotatable bonds is 3. The molecule has 0 amide bonds. The van der Waals surface area contributed by atoms with Crippen molar-refractivity contribution < 1.29 is 13.2 Å². The van der Waals surface area contributed by atoms with Crippen molar-refractivity contribution in [3.05, 3.63) is 71.3 Å². The van der Waals surface area contributed by atoms with Crippen molar-refractivity contribution in [1.82, 2.24) is 0 Å². The van der Waals surface area contributed by atoms with Gasteiger partial charge in [0.25, 0.3) is 0 Å². The van der Waals surface area contributed by atoms with E-state index >= 15 is 0 Å². The van der Waals surface area contributed by atoms with Crippen molar-refractivity contribution in [1.29, 1.82) is 0 Å². The number of hydrogen-bond acceptors (Lipinski definition) is 0. The first-order chi connectivity index (χ1) is 8.98. The summed E-state index contributed by atoms with van der Waals surface area (Å²) in [5.74, 6) is 0. The van der Waals surface area contributed by atoms with Crippen LogP contribution in [0.1, 0.15) is 22.1 Å². The smallest absolute Gasteiger partial charge is 0.166 e. The lowest BCUT2D eigenvalue weighted by atomic mass is 9.99. The van der Waals surface area contributed by atoms with Crippen LogP contribution in [0.15, 0.2) is 54.6 Å².